The Hall–Kier alpha value is -1.92. The molecule has 4 rings (SSSR count). The van der Waals surface area contributed by atoms with Gasteiger partial charge in [0.25, 0.3) is 0 Å². The first-order valence-corrected chi connectivity index (χ1v) is 10.2. The predicted molar refractivity (Wildman–Crippen MR) is 109 cm³/mol. The van der Waals surface area contributed by atoms with Gasteiger partial charge in [-0.25, -0.2) is 4.79 Å². The zero-order valence-electron chi connectivity index (χ0n) is 16.8. The van der Waals surface area contributed by atoms with Crippen molar-refractivity contribution in [3.63, 3.8) is 0 Å². The number of aryl methyl sites for hydroxylation is 3. The van der Waals surface area contributed by atoms with Gasteiger partial charge in [-0.1, -0.05) is 17.7 Å². The molecular formula is C22H26O5S. The van der Waals surface area contributed by atoms with E-state index in [1.54, 1.807) is 0 Å². The number of thiocarbonyl (C=S) groups is 1. The van der Waals surface area contributed by atoms with Crippen LogP contribution in [0.15, 0.2) is 17.9 Å². The van der Waals surface area contributed by atoms with Crippen molar-refractivity contribution in [2.24, 2.45) is 5.92 Å². The molecule has 0 aromatic heterocycles. The number of methoxy groups -OCH3 is 1. The molecule has 1 aromatic carbocycles. The summed E-state index contributed by atoms with van der Waals surface area (Å²) in [6.45, 7) is 6.85. The first kappa shape index (κ1) is 19.4. The Bertz CT molecular complexity index is 847. The molecule has 5 nitrogen and oxygen atoms in total. The van der Waals surface area contributed by atoms with Crippen molar-refractivity contribution in [1.29, 1.82) is 0 Å². The van der Waals surface area contributed by atoms with E-state index in [4.69, 9.17) is 31.2 Å². The molecule has 1 aliphatic carbocycles. The lowest BCUT2D eigenvalue weighted by molar-refractivity contribution is -0.151. The molecule has 1 saturated heterocycles. The standard InChI is InChI=1S/C22H26O5S/c1-12-8-13(2)17(14(3)9-12)18-19(26-21(28)24-4)22(27-20(18)23)7-5-6-15(10-22)16-11-25-16/h8-9,15-16H,5-7,10-11H2,1-4H3. The zero-order chi connectivity index (χ0) is 20.1. The number of esters is 1. The van der Waals surface area contributed by atoms with Crippen LogP contribution in [0.3, 0.4) is 0 Å². The van der Waals surface area contributed by atoms with Crippen LogP contribution in [0, 0.1) is 26.7 Å². The largest absolute Gasteiger partial charge is 0.460 e. The third-order valence-corrected chi connectivity index (χ3v) is 6.29. The second kappa shape index (κ2) is 7.16. The number of benzene rings is 1. The fourth-order valence-corrected chi connectivity index (χ4v) is 4.96. The summed E-state index contributed by atoms with van der Waals surface area (Å²) in [5, 5.41) is -0.00242. The van der Waals surface area contributed by atoms with Crippen LogP contribution in [0.2, 0.25) is 0 Å². The molecule has 1 spiro atoms. The summed E-state index contributed by atoms with van der Waals surface area (Å²) in [5.41, 5.74) is 3.73. The Kier molecular flexibility index (Phi) is 4.96. The Morgan fingerprint density at radius 1 is 1.25 bits per heavy atom. The van der Waals surface area contributed by atoms with Crippen LogP contribution < -0.4 is 0 Å². The highest BCUT2D eigenvalue weighted by atomic mass is 32.1. The van der Waals surface area contributed by atoms with Crippen molar-refractivity contribution in [2.45, 2.75) is 58.2 Å². The van der Waals surface area contributed by atoms with Gasteiger partial charge in [0, 0.05) is 18.6 Å². The topological polar surface area (TPSA) is 57.3 Å². The number of hydrogen-bond donors (Lipinski definition) is 0. The molecule has 0 radical (unpaired) electrons. The summed E-state index contributed by atoms with van der Waals surface area (Å²) in [4.78, 5) is 13.1. The van der Waals surface area contributed by atoms with Crippen LogP contribution in [0.4, 0.5) is 0 Å². The van der Waals surface area contributed by atoms with Gasteiger partial charge in [0.1, 0.15) is 5.57 Å². The van der Waals surface area contributed by atoms with E-state index in [0.29, 0.717) is 23.7 Å². The molecule has 3 aliphatic rings. The maximum absolute atomic E-state index is 13.1. The first-order valence-electron chi connectivity index (χ1n) is 9.78. The molecule has 2 aliphatic heterocycles. The third kappa shape index (κ3) is 3.33. The van der Waals surface area contributed by atoms with E-state index in [2.05, 4.69) is 12.1 Å². The van der Waals surface area contributed by atoms with E-state index in [9.17, 15) is 4.79 Å². The van der Waals surface area contributed by atoms with Crippen molar-refractivity contribution in [3.8, 4) is 0 Å². The maximum atomic E-state index is 13.1. The second-order valence-corrected chi connectivity index (χ2v) is 8.48. The smallest absolute Gasteiger partial charge is 0.357 e. The van der Waals surface area contributed by atoms with Gasteiger partial charge in [0.15, 0.2) is 11.4 Å². The molecule has 2 heterocycles. The molecule has 0 N–H and O–H groups in total. The highest BCUT2D eigenvalue weighted by Gasteiger charge is 2.55. The minimum Gasteiger partial charge on any atom is -0.460 e. The lowest BCUT2D eigenvalue weighted by Gasteiger charge is -2.37. The van der Waals surface area contributed by atoms with Gasteiger partial charge in [0.05, 0.1) is 19.8 Å². The average molecular weight is 403 g/mol. The Morgan fingerprint density at radius 3 is 2.54 bits per heavy atom. The zero-order valence-corrected chi connectivity index (χ0v) is 17.6. The van der Waals surface area contributed by atoms with Crippen LogP contribution >= 0.6 is 12.2 Å². The third-order valence-electron chi connectivity index (χ3n) is 6.04. The Morgan fingerprint density at radius 2 is 1.93 bits per heavy atom. The van der Waals surface area contributed by atoms with Gasteiger partial charge >= 0.3 is 11.2 Å². The maximum Gasteiger partial charge on any atom is 0.357 e. The Labute approximate surface area is 171 Å². The quantitative estimate of drug-likeness (QED) is 0.430. The lowest BCUT2D eigenvalue weighted by atomic mass is 9.75. The number of carbonyl (C=O) groups is 1. The number of epoxide rings is 1. The highest BCUT2D eigenvalue weighted by molar-refractivity contribution is 7.79. The van der Waals surface area contributed by atoms with Gasteiger partial charge in [-0.15, -0.1) is 0 Å². The molecule has 2 fully saturated rings. The van der Waals surface area contributed by atoms with E-state index in [1.807, 2.05) is 20.8 Å². The number of ether oxygens (including phenoxy) is 4. The summed E-state index contributed by atoms with van der Waals surface area (Å²) < 4.78 is 22.7. The molecule has 0 bridgehead atoms. The van der Waals surface area contributed by atoms with Crippen LogP contribution in [-0.2, 0) is 23.7 Å². The fraction of sp³-hybridized carbons (Fsp3) is 0.545. The normalized spacial score (nSPS) is 29.1. The number of carbonyl (C=O) groups excluding carboxylic acids is 1. The van der Waals surface area contributed by atoms with Crippen molar-refractivity contribution < 1.29 is 23.7 Å². The summed E-state index contributed by atoms with van der Waals surface area (Å²) in [7, 11) is 1.47. The van der Waals surface area contributed by atoms with Crippen molar-refractivity contribution >= 4 is 29.0 Å². The molecule has 150 valence electrons. The van der Waals surface area contributed by atoms with Gasteiger partial charge in [-0.3, -0.25) is 0 Å². The minimum absolute atomic E-state index is 0.00242. The van der Waals surface area contributed by atoms with E-state index in [-0.39, 0.29) is 17.3 Å². The van der Waals surface area contributed by atoms with Crippen LogP contribution in [0.25, 0.3) is 5.57 Å². The second-order valence-electron chi connectivity index (χ2n) is 8.15. The minimum atomic E-state index is -0.798. The molecule has 6 heteroatoms. The van der Waals surface area contributed by atoms with Gasteiger partial charge in [0.2, 0.25) is 0 Å². The lowest BCUT2D eigenvalue weighted by Crippen LogP contribution is -2.40. The van der Waals surface area contributed by atoms with E-state index < -0.39 is 5.60 Å². The van der Waals surface area contributed by atoms with Gasteiger partial charge in [-0.2, -0.15) is 0 Å². The van der Waals surface area contributed by atoms with Crippen molar-refractivity contribution in [1.82, 2.24) is 0 Å². The predicted octanol–water partition coefficient (Wildman–Crippen LogP) is 4.16. The Balaban J connectivity index is 1.85. The summed E-state index contributed by atoms with van der Waals surface area (Å²) in [5.74, 6) is 0.516. The SMILES string of the molecule is COC(=S)OC1=C(c2c(C)cc(C)cc2C)C(=O)OC12CCCC(C1CO1)C2. The van der Waals surface area contributed by atoms with E-state index in [0.717, 1.165) is 48.1 Å². The number of hydrogen-bond acceptors (Lipinski definition) is 6. The summed E-state index contributed by atoms with van der Waals surface area (Å²) in [6, 6.07) is 4.14. The van der Waals surface area contributed by atoms with E-state index in [1.165, 1.54) is 7.11 Å². The summed E-state index contributed by atoms with van der Waals surface area (Å²) >= 11 is 5.20. The van der Waals surface area contributed by atoms with Gasteiger partial charge in [-0.05, 0) is 62.6 Å². The molecule has 28 heavy (non-hydrogen) atoms. The molecule has 1 aromatic rings. The van der Waals surface area contributed by atoms with E-state index >= 15 is 0 Å². The molecule has 3 unspecified atom stereocenters. The fourth-order valence-electron chi connectivity index (χ4n) is 4.88. The van der Waals surface area contributed by atoms with Crippen LogP contribution in [0.1, 0.15) is 47.9 Å². The monoisotopic (exact) mass is 402 g/mol. The molecular weight excluding hydrogens is 376 g/mol. The highest BCUT2D eigenvalue weighted by Crippen LogP contribution is 2.51. The van der Waals surface area contributed by atoms with Crippen molar-refractivity contribution in [2.75, 3.05) is 13.7 Å². The van der Waals surface area contributed by atoms with Gasteiger partial charge < -0.3 is 18.9 Å². The molecule has 3 atom stereocenters. The first-order chi connectivity index (χ1) is 13.3. The average Bonchev–Trinajstić information content (AvgIpc) is 3.44. The van der Waals surface area contributed by atoms with Crippen LogP contribution in [-0.4, -0.2) is 36.6 Å². The molecule has 0 amide bonds. The van der Waals surface area contributed by atoms with Crippen molar-refractivity contribution in [3.05, 3.63) is 40.1 Å². The summed E-state index contributed by atoms with van der Waals surface area (Å²) in [6.07, 6.45) is 3.70. The van der Waals surface area contributed by atoms with Crippen LogP contribution in [0.5, 0.6) is 0 Å². The number of rotatable bonds is 3. The molecule has 1 saturated carbocycles.